The average molecular weight is 789 g/mol. The molecule has 296 valence electrons. The summed E-state index contributed by atoms with van der Waals surface area (Å²) in [6, 6.07) is 47.1. The highest BCUT2D eigenvalue weighted by Crippen LogP contribution is 2.52. The van der Waals surface area contributed by atoms with Gasteiger partial charge in [-0.15, -0.1) is 11.3 Å². The molecule has 0 bridgehead atoms. The normalized spacial score (nSPS) is 16.4. The number of hydrogen-bond donors (Lipinski definition) is 0. The minimum atomic E-state index is 0.0626. The Bertz CT molecular complexity index is 2790. The first-order chi connectivity index (χ1) is 27.9. The summed E-state index contributed by atoms with van der Waals surface area (Å²) < 4.78 is 2.76. The number of rotatable bonds is 3. The molecule has 0 radical (unpaired) electrons. The SMILES string of the molecule is Cc1cc2c3c(c1)N(c1ccc(C(C)(C)C)cc1)c1c(sc4ccc(-c5ccccc5)cc14)B3c1cc3c(cc1N2c1ccc(C(C)(C)C)cc1)C(C)(C)CCC3(C)C. The van der Waals surface area contributed by atoms with Crippen molar-refractivity contribution in [2.24, 2.45) is 0 Å². The Morgan fingerprint density at radius 2 is 1.10 bits per heavy atom. The highest BCUT2D eigenvalue weighted by atomic mass is 32.1. The Morgan fingerprint density at radius 3 is 1.68 bits per heavy atom. The van der Waals surface area contributed by atoms with Crippen LogP contribution in [0.4, 0.5) is 34.1 Å². The lowest BCUT2D eigenvalue weighted by molar-refractivity contribution is 0.332. The van der Waals surface area contributed by atoms with Gasteiger partial charge in [0.25, 0.3) is 6.71 Å². The lowest BCUT2D eigenvalue weighted by Crippen LogP contribution is -2.61. The Labute approximate surface area is 357 Å². The van der Waals surface area contributed by atoms with Gasteiger partial charge in [0.2, 0.25) is 0 Å². The Morgan fingerprint density at radius 1 is 0.559 bits per heavy atom. The van der Waals surface area contributed by atoms with E-state index in [4.69, 9.17) is 0 Å². The maximum Gasteiger partial charge on any atom is 0.264 e. The summed E-state index contributed by atoms with van der Waals surface area (Å²) in [5.41, 5.74) is 20.2. The molecule has 0 N–H and O–H groups in total. The smallest absolute Gasteiger partial charge is 0.264 e. The van der Waals surface area contributed by atoms with Crippen molar-refractivity contribution in [1.82, 2.24) is 0 Å². The topological polar surface area (TPSA) is 6.48 Å². The van der Waals surface area contributed by atoms with E-state index in [9.17, 15) is 0 Å². The van der Waals surface area contributed by atoms with Gasteiger partial charge in [-0.25, -0.2) is 0 Å². The van der Waals surface area contributed by atoms with Gasteiger partial charge < -0.3 is 9.80 Å². The third-order valence-electron chi connectivity index (χ3n) is 13.9. The van der Waals surface area contributed by atoms with Gasteiger partial charge in [-0.1, -0.05) is 136 Å². The average Bonchev–Trinajstić information content (AvgIpc) is 3.57. The number of nitrogens with zero attached hydrogens (tertiary/aromatic N) is 2. The molecule has 59 heavy (non-hydrogen) atoms. The number of anilines is 6. The molecule has 10 rings (SSSR count). The van der Waals surface area contributed by atoms with E-state index >= 15 is 0 Å². The van der Waals surface area contributed by atoms with Crippen LogP contribution in [0.25, 0.3) is 21.2 Å². The highest BCUT2D eigenvalue weighted by molar-refractivity contribution is 7.33. The fourth-order valence-corrected chi connectivity index (χ4v) is 11.6. The van der Waals surface area contributed by atoms with E-state index in [-0.39, 0.29) is 28.4 Å². The van der Waals surface area contributed by atoms with Gasteiger partial charge >= 0.3 is 0 Å². The van der Waals surface area contributed by atoms with E-state index in [2.05, 4.69) is 207 Å². The van der Waals surface area contributed by atoms with E-state index in [0.717, 1.165) is 0 Å². The first kappa shape index (κ1) is 38.2. The predicted octanol–water partition coefficient (Wildman–Crippen LogP) is 13.9. The molecule has 3 heterocycles. The summed E-state index contributed by atoms with van der Waals surface area (Å²) in [7, 11) is 0. The molecule has 0 unspecified atom stereocenters. The third kappa shape index (κ3) is 6.03. The summed E-state index contributed by atoms with van der Waals surface area (Å²) in [6.07, 6.45) is 2.37. The number of benzene rings is 6. The third-order valence-corrected chi connectivity index (χ3v) is 15.1. The molecule has 3 aliphatic rings. The van der Waals surface area contributed by atoms with Crippen LogP contribution < -0.4 is 25.5 Å². The molecule has 7 aromatic rings. The fourth-order valence-electron chi connectivity index (χ4n) is 10.3. The monoisotopic (exact) mass is 788 g/mol. The van der Waals surface area contributed by atoms with Crippen LogP contribution in [0.3, 0.4) is 0 Å². The van der Waals surface area contributed by atoms with Crippen LogP contribution in [0.2, 0.25) is 0 Å². The van der Waals surface area contributed by atoms with E-state index in [0.29, 0.717) is 0 Å². The Kier molecular flexibility index (Phi) is 8.39. The minimum Gasteiger partial charge on any atom is -0.311 e. The van der Waals surface area contributed by atoms with Crippen LogP contribution in [0.1, 0.15) is 110 Å². The van der Waals surface area contributed by atoms with Gasteiger partial charge in [0, 0.05) is 43.3 Å². The second-order valence-electron chi connectivity index (χ2n) is 21.0. The quantitative estimate of drug-likeness (QED) is 0.165. The molecular weight excluding hydrogens is 731 g/mol. The molecule has 0 atom stereocenters. The van der Waals surface area contributed by atoms with Crippen LogP contribution in [-0.4, -0.2) is 6.71 Å². The van der Waals surface area contributed by atoms with Crippen LogP contribution in [0.15, 0.2) is 121 Å². The van der Waals surface area contributed by atoms with Crippen molar-refractivity contribution in [3.63, 3.8) is 0 Å². The maximum absolute atomic E-state index is 2.66. The van der Waals surface area contributed by atoms with Crippen molar-refractivity contribution in [1.29, 1.82) is 0 Å². The summed E-state index contributed by atoms with van der Waals surface area (Å²) in [5.74, 6) is 0. The number of aryl methyl sites for hydroxylation is 1. The van der Waals surface area contributed by atoms with Crippen molar-refractivity contribution in [3.05, 3.63) is 149 Å². The number of thiophene rings is 1. The van der Waals surface area contributed by atoms with Crippen molar-refractivity contribution in [2.75, 3.05) is 9.80 Å². The van der Waals surface area contributed by atoms with Gasteiger partial charge in [0.1, 0.15) is 0 Å². The van der Waals surface area contributed by atoms with E-state index < -0.39 is 0 Å². The molecule has 0 fully saturated rings. The largest absolute Gasteiger partial charge is 0.311 e. The van der Waals surface area contributed by atoms with Gasteiger partial charge in [-0.2, -0.15) is 0 Å². The first-order valence-electron chi connectivity index (χ1n) is 21.7. The number of fused-ring (bicyclic) bond motifs is 7. The second kappa shape index (κ2) is 13.0. The number of hydrogen-bond acceptors (Lipinski definition) is 3. The van der Waals surface area contributed by atoms with Gasteiger partial charge in [0.05, 0.1) is 5.69 Å². The highest BCUT2D eigenvalue weighted by Gasteiger charge is 2.48. The molecule has 1 aliphatic carbocycles. The standard InChI is InChI=1S/C55H57BN2S/c1-34-29-46-49-47(30-34)58(40-24-20-38(21-25-40)53(5,6)7)50-41-31-36(35-15-13-12-14-16-35)17-26-48(41)59-51(50)56(49)44-32-42-43(55(10,11)28-27-54(42,8)9)33-45(44)57(46)39-22-18-37(19-23-39)52(2,3)4/h12-26,29-33H,27-28H2,1-11H3. The van der Waals surface area contributed by atoms with E-state index in [1.54, 1.807) is 0 Å². The lowest BCUT2D eigenvalue weighted by Gasteiger charge is -2.47. The van der Waals surface area contributed by atoms with Gasteiger partial charge in [-0.3, -0.25) is 0 Å². The first-order valence-corrected chi connectivity index (χ1v) is 22.5. The molecule has 0 saturated carbocycles. The predicted molar refractivity (Wildman–Crippen MR) is 259 cm³/mol. The van der Waals surface area contributed by atoms with Gasteiger partial charge in [0.15, 0.2) is 0 Å². The molecule has 2 aliphatic heterocycles. The minimum absolute atomic E-state index is 0.0626. The van der Waals surface area contributed by atoms with Crippen molar-refractivity contribution in [2.45, 2.75) is 111 Å². The summed E-state index contributed by atoms with van der Waals surface area (Å²) in [4.78, 5) is 5.24. The second-order valence-corrected chi connectivity index (χ2v) is 22.1. The Balaban J connectivity index is 1.31. The van der Waals surface area contributed by atoms with E-state index in [1.807, 2.05) is 11.3 Å². The van der Waals surface area contributed by atoms with Gasteiger partial charge in [-0.05, 0) is 146 Å². The summed E-state index contributed by atoms with van der Waals surface area (Å²) in [6.45, 7) is 26.1. The lowest BCUT2D eigenvalue weighted by atomic mass is 9.35. The maximum atomic E-state index is 2.66. The zero-order valence-electron chi connectivity index (χ0n) is 36.8. The summed E-state index contributed by atoms with van der Waals surface area (Å²) >= 11 is 1.99. The van der Waals surface area contributed by atoms with Crippen molar-refractivity contribution in [3.8, 4) is 11.1 Å². The van der Waals surface area contributed by atoms with Crippen molar-refractivity contribution < 1.29 is 0 Å². The molecule has 0 saturated heterocycles. The zero-order valence-corrected chi connectivity index (χ0v) is 37.7. The zero-order chi connectivity index (χ0) is 41.4. The fraction of sp³-hybridized carbons (Fsp3) is 0.309. The molecule has 1 aromatic heterocycles. The molecule has 4 heteroatoms. The van der Waals surface area contributed by atoms with Crippen LogP contribution in [0.5, 0.6) is 0 Å². The molecule has 0 spiro atoms. The van der Waals surface area contributed by atoms with Crippen LogP contribution >= 0.6 is 11.3 Å². The Hall–Kier alpha value is -5.06. The van der Waals surface area contributed by atoms with Crippen LogP contribution in [-0.2, 0) is 21.7 Å². The molecule has 6 aromatic carbocycles. The van der Waals surface area contributed by atoms with Crippen LogP contribution in [0, 0.1) is 6.92 Å². The molecule has 0 amide bonds. The summed E-state index contributed by atoms with van der Waals surface area (Å²) in [5, 5.41) is 1.32. The molecular formula is C55H57BN2S. The molecule has 2 nitrogen and oxygen atoms in total. The van der Waals surface area contributed by atoms with E-state index in [1.165, 1.54) is 112 Å². The van der Waals surface area contributed by atoms with Crippen molar-refractivity contribution >= 4 is 78.0 Å².